The van der Waals surface area contributed by atoms with Crippen LogP contribution in [0.15, 0.2) is 16.6 Å². The lowest BCUT2D eigenvalue weighted by Crippen LogP contribution is -2.32. The van der Waals surface area contributed by atoms with Crippen LogP contribution in [-0.2, 0) is 5.41 Å². The summed E-state index contributed by atoms with van der Waals surface area (Å²) in [5.41, 5.74) is 7.46. The average Bonchev–Trinajstić information content (AvgIpc) is 2.88. The first kappa shape index (κ1) is 12.3. The highest BCUT2D eigenvalue weighted by Gasteiger charge is 2.36. The molecule has 3 nitrogen and oxygen atoms in total. The Hall–Kier alpha value is -0.740. The Bertz CT molecular complexity index is 455. The van der Waals surface area contributed by atoms with Gasteiger partial charge in [-0.15, -0.1) is 0 Å². The molecule has 1 aliphatic heterocycles. The average molecular weight is 312 g/mol. The summed E-state index contributed by atoms with van der Waals surface area (Å²) in [5, 5.41) is 0. The molecule has 2 N–H and O–H groups in total. The van der Waals surface area contributed by atoms with E-state index < -0.39 is 0 Å². The zero-order valence-corrected chi connectivity index (χ0v) is 12.0. The molecule has 0 saturated heterocycles. The summed E-state index contributed by atoms with van der Waals surface area (Å²) in [4.78, 5) is 0. The molecule has 2 aliphatic rings. The molecular formula is C14H18BrNO2. The third-order valence-electron chi connectivity index (χ3n) is 4.15. The van der Waals surface area contributed by atoms with Gasteiger partial charge in [-0.3, -0.25) is 0 Å². The van der Waals surface area contributed by atoms with Gasteiger partial charge in [-0.1, -0.05) is 28.8 Å². The van der Waals surface area contributed by atoms with E-state index >= 15 is 0 Å². The summed E-state index contributed by atoms with van der Waals surface area (Å²) in [6.45, 7) is 1.95. The minimum atomic E-state index is 0.120. The highest BCUT2D eigenvalue weighted by Crippen LogP contribution is 2.46. The lowest BCUT2D eigenvalue weighted by molar-refractivity contribution is 0.171. The van der Waals surface area contributed by atoms with Crippen LogP contribution in [-0.4, -0.2) is 19.8 Å². The van der Waals surface area contributed by atoms with Crippen LogP contribution in [0.1, 0.15) is 31.2 Å². The zero-order chi connectivity index (χ0) is 12.6. The van der Waals surface area contributed by atoms with Crippen LogP contribution < -0.4 is 15.2 Å². The summed E-state index contributed by atoms with van der Waals surface area (Å²) >= 11 is 3.67. The van der Waals surface area contributed by atoms with Crippen LogP contribution in [0.2, 0.25) is 0 Å². The van der Waals surface area contributed by atoms with Crippen molar-refractivity contribution >= 4 is 15.9 Å². The minimum absolute atomic E-state index is 0.120. The molecule has 1 heterocycles. The first-order valence-electron chi connectivity index (χ1n) is 6.55. The maximum atomic E-state index is 6.05. The third-order valence-corrected chi connectivity index (χ3v) is 4.81. The van der Waals surface area contributed by atoms with Crippen molar-refractivity contribution in [2.75, 3.05) is 19.8 Å². The van der Waals surface area contributed by atoms with Gasteiger partial charge in [0.05, 0.1) is 0 Å². The van der Waals surface area contributed by atoms with Gasteiger partial charge in [-0.05, 0) is 30.5 Å². The van der Waals surface area contributed by atoms with Crippen molar-refractivity contribution in [3.63, 3.8) is 0 Å². The van der Waals surface area contributed by atoms with Gasteiger partial charge >= 0.3 is 0 Å². The number of benzene rings is 1. The van der Waals surface area contributed by atoms with E-state index in [9.17, 15) is 0 Å². The van der Waals surface area contributed by atoms with Crippen LogP contribution in [0.3, 0.4) is 0 Å². The highest BCUT2D eigenvalue weighted by molar-refractivity contribution is 9.10. The zero-order valence-electron chi connectivity index (χ0n) is 10.4. The maximum Gasteiger partial charge on any atom is 0.162 e. The van der Waals surface area contributed by atoms with Crippen molar-refractivity contribution in [3.8, 4) is 11.5 Å². The standard InChI is InChI=1S/C14H18BrNO2/c15-11-8-13-12(17-5-6-18-13)7-10(11)14(9-16)3-1-2-4-14/h7-8H,1-6,9,16H2. The fourth-order valence-electron chi connectivity index (χ4n) is 3.11. The molecule has 1 aromatic carbocycles. The normalized spacial score (nSPS) is 21.0. The van der Waals surface area contributed by atoms with E-state index in [1.165, 1.54) is 31.2 Å². The van der Waals surface area contributed by atoms with E-state index in [4.69, 9.17) is 15.2 Å². The van der Waals surface area contributed by atoms with E-state index in [-0.39, 0.29) is 5.41 Å². The third kappa shape index (κ3) is 1.91. The predicted octanol–water partition coefficient (Wildman–Crippen LogP) is 2.99. The topological polar surface area (TPSA) is 44.5 Å². The molecule has 0 aromatic heterocycles. The van der Waals surface area contributed by atoms with E-state index in [0.29, 0.717) is 19.8 Å². The van der Waals surface area contributed by atoms with Crippen LogP contribution >= 0.6 is 15.9 Å². The lowest BCUT2D eigenvalue weighted by Gasteiger charge is -2.30. The molecule has 1 aliphatic carbocycles. The first-order chi connectivity index (χ1) is 8.75. The Balaban J connectivity index is 2.05. The monoisotopic (exact) mass is 311 g/mol. The van der Waals surface area contributed by atoms with Gasteiger partial charge in [0.2, 0.25) is 0 Å². The van der Waals surface area contributed by atoms with Crippen molar-refractivity contribution < 1.29 is 9.47 Å². The summed E-state index contributed by atoms with van der Waals surface area (Å²) in [6, 6.07) is 4.15. The Morgan fingerprint density at radius 3 is 2.33 bits per heavy atom. The molecule has 0 spiro atoms. The molecule has 1 fully saturated rings. The van der Waals surface area contributed by atoms with E-state index in [0.717, 1.165) is 16.0 Å². The van der Waals surface area contributed by atoms with Crippen LogP contribution in [0.25, 0.3) is 0 Å². The summed E-state index contributed by atoms with van der Waals surface area (Å²) in [6.07, 6.45) is 4.86. The number of halogens is 1. The first-order valence-corrected chi connectivity index (χ1v) is 7.34. The molecule has 0 unspecified atom stereocenters. The highest BCUT2D eigenvalue weighted by atomic mass is 79.9. The predicted molar refractivity (Wildman–Crippen MR) is 74.3 cm³/mol. The molecule has 3 rings (SSSR count). The second-order valence-electron chi connectivity index (χ2n) is 5.17. The molecule has 0 bridgehead atoms. The molecule has 0 radical (unpaired) electrons. The van der Waals surface area contributed by atoms with E-state index in [1.54, 1.807) is 0 Å². The van der Waals surface area contributed by atoms with Gasteiger partial charge in [-0.25, -0.2) is 0 Å². The van der Waals surface area contributed by atoms with Gasteiger partial charge in [0.25, 0.3) is 0 Å². The largest absolute Gasteiger partial charge is 0.486 e. The smallest absolute Gasteiger partial charge is 0.162 e. The Kier molecular flexibility index (Phi) is 3.24. The van der Waals surface area contributed by atoms with Gasteiger partial charge in [0.15, 0.2) is 11.5 Å². The minimum Gasteiger partial charge on any atom is -0.486 e. The molecular weight excluding hydrogens is 294 g/mol. The fourth-order valence-corrected chi connectivity index (χ4v) is 3.85. The van der Waals surface area contributed by atoms with Crippen molar-refractivity contribution in [2.24, 2.45) is 5.73 Å². The molecule has 1 aromatic rings. The molecule has 0 amide bonds. The summed E-state index contributed by atoms with van der Waals surface area (Å²) in [5.74, 6) is 1.70. The van der Waals surface area contributed by atoms with Gasteiger partial charge in [0, 0.05) is 16.4 Å². The summed E-state index contributed by atoms with van der Waals surface area (Å²) in [7, 11) is 0. The van der Waals surface area contributed by atoms with Gasteiger partial charge in [-0.2, -0.15) is 0 Å². The number of rotatable bonds is 2. The van der Waals surface area contributed by atoms with E-state index in [1.807, 2.05) is 6.07 Å². The maximum absolute atomic E-state index is 6.05. The van der Waals surface area contributed by atoms with Crippen molar-refractivity contribution in [1.82, 2.24) is 0 Å². The molecule has 4 heteroatoms. The number of hydrogen-bond acceptors (Lipinski definition) is 3. The fraction of sp³-hybridized carbons (Fsp3) is 0.571. The second kappa shape index (κ2) is 4.74. The Morgan fingerprint density at radius 2 is 1.72 bits per heavy atom. The van der Waals surface area contributed by atoms with Crippen LogP contribution in [0, 0.1) is 0 Å². The molecule has 1 saturated carbocycles. The van der Waals surface area contributed by atoms with E-state index in [2.05, 4.69) is 22.0 Å². The van der Waals surface area contributed by atoms with Crippen molar-refractivity contribution in [1.29, 1.82) is 0 Å². The van der Waals surface area contributed by atoms with Crippen molar-refractivity contribution in [3.05, 3.63) is 22.2 Å². The Labute approximate surface area is 116 Å². The van der Waals surface area contributed by atoms with Crippen molar-refractivity contribution in [2.45, 2.75) is 31.1 Å². The molecule has 98 valence electrons. The lowest BCUT2D eigenvalue weighted by atomic mass is 9.79. The quantitative estimate of drug-likeness (QED) is 0.913. The number of nitrogens with two attached hydrogens (primary N) is 1. The number of fused-ring (bicyclic) bond motifs is 1. The summed E-state index contributed by atoms with van der Waals surface area (Å²) < 4.78 is 12.4. The molecule has 18 heavy (non-hydrogen) atoms. The van der Waals surface area contributed by atoms with Crippen LogP contribution in [0.4, 0.5) is 0 Å². The number of hydrogen-bond donors (Lipinski definition) is 1. The number of ether oxygens (including phenoxy) is 2. The second-order valence-corrected chi connectivity index (χ2v) is 6.02. The van der Waals surface area contributed by atoms with Crippen LogP contribution in [0.5, 0.6) is 11.5 Å². The molecule has 0 atom stereocenters. The van der Waals surface area contributed by atoms with Gasteiger partial charge in [0.1, 0.15) is 13.2 Å². The SMILES string of the molecule is NCC1(c2cc3c(cc2Br)OCCO3)CCCC1. The van der Waals surface area contributed by atoms with Gasteiger partial charge < -0.3 is 15.2 Å². The Morgan fingerprint density at radius 1 is 1.11 bits per heavy atom.